The second kappa shape index (κ2) is 6.92. The van der Waals surface area contributed by atoms with Gasteiger partial charge < -0.3 is 16.2 Å². The van der Waals surface area contributed by atoms with Crippen molar-refractivity contribution in [3.63, 3.8) is 0 Å². The number of anilines is 1. The van der Waals surface area contributed by atoms with E-state index in [-0.39, 0.29) is 6.04 Å². The molecule has 22 heavy (non-hydrogen) atoms. The maximum atomic E-state index is 10.6. The highest BCUT2D eigenvalue weighted by molar-refractivity contribution is 5.47. The molecule has 1 saturated heterocycles. The van der Waals surface area contributed by atoms with E-state index in [1.165, 1.54) is 5.56 Å². The molecule has 0 spiro atoms. The molecule has 116 valence electrons. The number of aliphatic hydroxyl groups excluding tert-OH is 1. The first-order valence-electron chi connectivity index (χ1n) is 7.78. The molecule has 2 aromatic rings. The number of β-amino-alcohol motifs (C(OH)–C–C–N with tert-alkyl or cyclic N) is 1. The Balaban J connectivity index is 1.76. The molecule has 1 heterocycles. The molecule has 1 fully saturated rings. The van der Waals surface area contributed by atoms with Crippen molar-refractivity contribution in [1.29, 1.82) is 0 Å². The minimum Gasteiger partial charge on any atom is -0.398 e. The summed E-state index contributed by atoms with van der Waals surface area (Å²) in [7, 11) is 0. The molecule has 0 amide bonds. The minimum absolute atomic E-state index is 0.287. The summed E-state index contributed by atoms with van der Waals surface area (Å²) in [5.41, 5.74) is 8.73. The van der Waals surface area contributed by atoms with Crippen LogP contribution in [0.15, 0.2) is 54.6 Å². The molecule has 2 unspecified atom stereocenters. The van der Waals surface area contributed by atoms with Crippen LogP contribution in [0.25, 0.3) is 0 Å². The van der Waals surface area contributed by atoms with Gasteiger partial charge in [-0.05, 0) is 11.6 Å². The van der Waals surface area contributed by atoms with Crippen molar-refractivity contribution in [1.82, 2.24) is 10.2 Å². The zero-order valence-corrected chi connectivity index (χ0v) is 12.7. The van der Waals surface area contributed by atoms with Crippen LogP contribution in [0.3, 0.4) is 0 Å². The molecule has 4 N–H and O–H groups in total. The second-order valence-electron chi connectivity index (χ2n) is 5.77. The first-order chi connectivity index (χ1) is 10.8. The summed E-state index contributed by atoms with van der Waals surface area (Å²) < 4.78 is 0. The summed E-state index contributed by atoms with van der Waals surface area (Å²) in [5.74, 6) is 0. The van der Waals surface area contributed by atoms with Gasteiger partial charge in [-0.1, -0.05) is 48.5 Å². The number of nitrogens with two attached hydrogens (primary N) is 1. The summed E-state index contributed by atoms with van der Waals surface area (Å²) >= 11 is 0. The van der Waals surface area contributed by atoms with Gasteiger partial charge in [-0.15, -0.1) is 0 Å². The van der Waals surface area contributed by atoms with Crippen LogP contribution in [0.5, 0.6) is 0 Å². The van der Waals surface area contributed by atoms with Gasteiger partial charge >= 0.3 is 0 Å². The quantitative estimate of drug-likeness (QED) is 0.755. The lowest BCUT2D eigenvalue weighted by Gasteiger charge is -2.37. The van der Waals surface area contributed by atoms with Gasteiger partial charge in [-0.25, -0.2) is 0 Å². The number of nitrogens with zero attached hydrogens (tertiary/aromatic N) is 1. The number of rotatable bonds is 4. The average molecular weight is 297 g/mol. The van der Waals surface area contributed by atoms with Gasteiger partial charge in [0.1, 0.15) is 0 Å². The molecule has 2 aromatic carbocycles. The molecule has 0 saturated carbocycles. The molecule has 0 bridgehead atoms. The van der Waals surface area contributed by atoms with Crippen LogP contribution in [0.1, 0.15) is 23.3 Å². The lowest BCUT2D eigenvalue weighted by atomic mass is 10.0. The fraction of sp³-hybridized carbons (Fsp3) is 0.333. The van der Waals surface area contributed by atoms with E-state index in [0.717, 1.165) is 25.2 Å². The fourth-order valence-electron chi connectivity index (χ4n) is 3.10. The molecule has 0 aromatic heterocycles. The van der Waals surface area contributed by atoms with Crippen molar-refractivity contribution in [3.05, 3.63) is 65.7 Å². The number of piperazine rings is 1. The predicted octanol–water partition coefficient (Wildman–Crippen LogP) is 1.95. The Morgan fingerprint density at radius 2 is 1.86 bits per heavy atom. The molecular formula is C18H23N3O. The Morgan fingerprint density at radius 3 is 2.64 bits per heavy atom. The fourth-order valence-corrected chi connectivity index (χ4v) is 3.10. The zero-order valence-electron chi connectivity index (χ0n) is 12.7. The van der Waals surface area contributed by atoms with Crippen molar-refractivity contribution in [2.75, 3.05) is 31.9 Å². The maximum Gasteiger partial charge on any atom is 0.0936 e. The normalized spacial score (nSPS) is 20.7. The standard InChI is InChI=1S/C18H23N3O/c19-16-9-5-4-8-15(16)18(22)13-21-11-10-20-12-17(21)14-6-2-1-3-7-14/h1-9,17-18,20,22H,10-13,19H2. The number of hydrogen-bond donors (Lipinski definition) is 3. The van der Waals surface area contributed by atoms with Gasteiger partial charge in [-0.2, -0.15) is 0 Å². The van der Waals surface area contributed by atoms with Gasteiger partial charge in [0, 0.05) is 43.5 Å². The van der Waals surface area contributed by atoms with E-state index < -0.39 is 6.10 Å². The zero-order chi connectivity index (χ0) is 15.4. The molecule has 4 heteroatoms. The Kier molecular flexibility index (Phi) is 4.73. The van der Waals surface area contributed by atoms with Crippen molar-refractivity contribution in [2.24, 2.45) is 0 Å². The third kappa shape index (κ3) is 3.30. The first kappa shape index (κ1) is 15.0. The van der Waals surface area contributed by atoms with Gasteiger partial charge in [0.15, 0.2) is 0 Å². The van der Waals surface area contributed by atoms with Gasteiger partial charge in [-0.3, -0.25) is 4.90 Å². The predicted molar refractivity (Wildman–Crippen MR) is 89.4 cm³/mol. The van der Waals surface area contributed by atoms with E-state index in [1.807, 2.05) is 30.3 Å². The summed E-state index contributed by atoms with van der Waals surface area (Å²) in [4.78, 5) is 2.34. The van der Waals surface area contributed by atoms with Crippen LogP contribution < -0.4 is 11.1 Å². The van der Waals surface area contributed by atoms with E-state index in [1.54, 1.807) is 0 Å². The minimum atomic E-state index is -0.564. The van der Waals surface area contributed by atoms with Crippen molar-refractivity contribution >= 4 is 5.69 Å². The van der Waals surface area contributed by atoms with Gasteiger partial charge in [0.05, 0.1) is 6.10 Å². The van der Waals surface area contributed by atoms with E-state index in [9.17, 15) is 5.11 Å². The van der Waals surface area contributed by atoms with E-state index in [4.69, 9.17) is 5.73 Å². The van der Waals surface area contributed by atoms with Gasteiger partial charge in [0.25, 0.3) is 0 Å². The molecule has 4 nitrogen and oxygen atoms in total. The topological polar surface area (TPSA) is 61.5 Å². The van der Waals surface area contributed by atoms with Crippen molar-refractivity contribution < 1.29 is 5.11 Å². The molecule has 3 rings (SSSR count). The number of para-hydroxylation sites is 1. The van der Waals surface area contributed by atoms with Crippen LogP contribution in [0.2, 0.25) is 0 Å². The lowest BCUT2D eigenvalue weighted by Crippen LogP contribution is -2.47. The van der Waals surface area contributed by atoms with E-state index >= 15 is 0 Å². The smallest absolute Gasteiger partial charge is 0.0936 e. The van der Waals surface area contributed by atoms with Crippen molar-refractivity contribution in [2.45, 2.75) is 12.1 Å². The first-order valence-corrected chi connectivity index (χ1v) is 7.78. The Morgan fingerprint density at radius 1 is 1.14 bits per heavy atom. The van der Waals surface area contributed by atoms with Crippen LogP contribution in [-0.2, 0) is 0 Å². The highest BCUT2D eigenvalue weighted by Crippen LogP contribution is 2.27. The Bertz CT molecular complexity index is 602. The van der Waals surface area contributed by atoms with Crippen LogP contribution in [0.4, 0.5) is 5.69 Å². The van der Waals surface area contributed by atoms with E-state index in [2.05, 4.69) is 34.5 Å². The number of benzene rings is 2. The average Bonchev–Trinajstić information content (AvgIpc) is 2.56. The second-order valence-corrected chi connectivity index (χ2v) is 5.77. The Hall–Kier alpha value is -1.88. The van der Waals surface area contributed by atoms with Crippen LogP contribution in [-0.4, -0.2) is 36.2 Å². The highest BCUT2D eigenvalue weighted by atomic mass is 16.3. The monoisotopic (exact) mass is 297 g/mol. The SMILES string of the molecule is Nc1ccccc1C(O)CN1CCNCC1c1ccccc1. The molecule has 0 aliphatic carbocycles. The van der Waals surface area contributed by atoms with Gasteiger partial charge in [0.2, 0.25) is 0 Å². The maximum absolute atomic E-state index is 10.6. The number of nitrogens with one attached hydrogen (secondary N) is 1. The lowest BCUT2D eigenvalue weighted by molar-refractivity contribution is 0.0737. The number of hydrogen-bond acceptors (Lipinski definition) is 4. The van der Waals surface area contributed by atoms with E-state index in [0.29, 0.717) is 12.2 Å². The third-order valence-corrected chi connectivity index (χ3v) is 4.30. The largest absolute Gasteiger partial charge is 0.398 e. The Labute approximate surface area is 131 Å². The van der Waals surface area contributed by atoms with Crippen molar-refractivity contribution in [3.8, 4) is 0 Å². The highest BCUT2D eigenvalue weighted by Gasteiger charge is 2.26. The summed E-state index contributed by atoms with van der Waals surface area (Å²) in [6.45, 7) is 3.36. The molecule has 1 aliphatic rings. The van der Waals surface area contributed by atoms with Crippen LogP contribution >= 0.6 is 0 Å². The molecule has 2 atom stereocenters. The number of aliphatic hydroxyl groups is 1. The summed E-state index contributed by atoms with van der Waals surface area (Å²) in [6.07, 6.45) is -0.564. The molecule has 0 radical (unpaired) electrons. The molecular weight excluding hydrogens is 274 g/mol. The molecule has 1 aliphatic heterocycles. The van der Waals surface area contributed by atoms with Crippen LogP contribution in [0, 0.1) is 0 Å². The summed E-state index contributed by atoms with van der Waals surface area (Å²) in [5, 5.41) is 14.0. The summed E-state index contributed by atoms with van der Waals surface area (Å²) in [6, 6.07) is 18.3. The number of nitrogen functional groups attached to an aromatic ring is 1. The third-order valence-electron chi connectivity index (χ3n) is 4.30.